The van der Waals surface area contributed by atoms with E-state index in [-0.39, 0.29) is 17.9 Å². The van der Waals surface area contributed by atoms with Gasteiger partial charge in [0.1, 0.15) is 0 Å². The highest BCUT2D eigenvalue weighted by Gasteiger charge is 2.17. The molecule has 2 heterocycles. The fraction of sp³-hybridized carbons (Fsp3) is 0.200. The second-order valence-corrected chi connectivity index (χ2v) is 9.52. The lowest BCUT2D eigenvalue weighted by atomic mass is 10.1. The molecule has 3 aromatic carbocycles. The van der Waals surface area contributed by atoms with Gasteiger partial charge in [-0.1, -0.05) is 0 Å². The summed E-state index contributed by atoms with van der Waals surface area (Å²) in [6, 6.07) is 24.3. The van der Waals surface area contributed by atoms with Gasteiger partial charge >= 0.3 is 0 Å². The fourth-order valence-electron chi connectivity index (χ4n) is 4.43. The number of rotatable bonds is 7. The Balaban J connectivity index is 1.13. The molecule has 4 aromatic rings. The average molecular weight is 510 g/mol. The van der Waals surface area contributed by atoms with Crippen LogP contribution < -0.4 is 20.9 Å². The van der Waals surface area contributed by atoms with E-state index >= 15 is 0 Å². The van der Waals surface area contributed by atoms with Crippen molar-refractivity contribution < 1.29 is 14.7 Å². The van der Waals surface area contributed by atoms with Crippen LogP contribution >= 0.6 is 0 Å². The molecule has 0 spiro atoms. The van der Waals surface area contributed by atoms with Crippen LogP contribution in [0.15, 0.2) is 85.1 Å². The number of H-pyrrole nitrogens is 1. The summed E-state index contributed by atoms with van der Waals surface area (Å²) in [5.74, 6) is -0.329. The molecular formula is C30H31N5O3. The number of aliphatic hydroxyl groups excluding tert-OH is 1. The summed E-state index contributed by atoms with van der Waals surface area (Å²) >= 11 is 0. The molecule has 8 heteroatoms. The molecule has 1 aromatic heterocycles. The molecule has 0 saturated carbocycles. The van der Waals surface area contributed by atoms with Crippen molar-refractivity contribution in [2.45, 2.75) is 25.9 Å². The van der Waals surface area contributed by atoms with Crippen LogP contribution in [0.5, 0.6) is 0 Å². The van der Waals surface area contributed by atoms with Gasteiger partial charge in [0.05, 0.1) is 11.7 Å². The van der Waals surface area contributed by atoms with Gasteiger partial charge < -0.3 is 30.9 Å². The van der Waals surface area contributed by atoms with E-state index in [1.54, 1.807) is 12.3 Å². The number of nitrogens with zero attached hydrogens (tertiary/aromatic N) is 1. The number of aromatic nitrogens is 1. The largest absolute Gasteiger partial charge is 0.393 e. The van der Waals surface area contributed by atoms with Crippen LogP contribution in [0.4, 0.5) is 28.4 Å². The highest BCUT2D eigenvalue weighted by Crippen LogP contribution is 2.23. The second kappa shape index (κ2) is 11.2. The van der Waals surface area contributed by atoms with Crippen LogP contribution in [0.3, 0.4) is 0 Å². The first-order valence-electron chi connectivity index (χ1n) is 12.7. The molecule has 194 valence electrons. The van der Waals surface area contributed by atoms with Crippen LogP contribution in [-0.2, 0) is 0 Å². The van der Waals surface area contributed by atoms with E-state index in [4.69, 9.17) is 0 Å². The van der Waals surface area contributed by atoms with E-state index in [9.17, 15) is 14.7 Å². The van der Waals surface area contributed by atoms with E-state index in [2.05, 4.69) is 25.8 Å². The number of aromatic amines is 1. The van der Waals surface area contributed by atoms with Crippen molar-refractivity contribution in [2.75, 3.05) is 33.9 Å². The summed E-state index contributed by atoms with van der Waals surface area (Å²) in [6.45, 7) is 3.55. The molecule has 38 heavy (non-hydrogen) atoms. The lowest BCUT2D eigenvalue weighted by Gasteiger charge is -2.31. The van der Waals surface area contributed by atoms with Gasteiger partial charge in [-0.3, -0.25) is 9.59 Å². The number of anilines is 5. The number of carbonyl (C=O) groups is 2. The summed E-state index contributed by atoms with van der Waals surface area (Å²) in [5, 5.41) is 18.8. The van der Waals surface area contributed by atoms with Gasteiger partial charge in [0.25, 0.3) is 11.8 Å². The first kappa shape index (κ1) is 25.1. The zero-order valence-corrected chi connectivity index (χ0v) is 21.2. The highest BCUT2D eigenvalue weighted by molar-refractivity contribution is 6.05. The Morgan fingerprint density at radius 2 is 1.26 bits per heavy atom. The topological polar surface area (TPSA) is 109 Å². The molecule has 1 aliphatic rings. The molecule has 1 fully saturated rings. The van der Waals surface area contributed by atoms with Crippen molar-refractivity contribution in [1.29, 1.82) is 0 Å². The van der Waals surface area contributed by atoms with Crippen molar-refractivity contribution in [2.24, 2.45) is 0 Å². The summed E-state index contributed by atoms with van der Waals surface area (Å²) in [6.07, 6.45) is 3.01. The van der Waals surface area contributed by atoms with Crippen molar-refractivity contribution in [1.82, 2.24) is 4.98 Å². The highest BCUT2D eigenvalue weighted by atomic mass is 16.3. The van der Waals surface area contributed by atoms with Crippen LogP contribution in [0.1, 0.15) is 39.3 Å². The Hall–Kier alpha value is -4.56. The summed E-state index contributed by atoms with van der Waals surface area (Å²) in [7, 11) is 0. The lowest BCUT2D eigenvalue weighted by molar-refractivity contribution is 0.101. The number of aryl methyl sites for hydroxylation is 1. The minimum Gasteiger partial charge on any atom is -0.393 e. The van der Waals surface area contributed by atoms with Crippen molar-refractivity contribution >= 4 is 40.3 Å². The second-order valence-electron chi connectivity index (χ2n) is 9.52. The number of nitrogens with one attached hydrogen (secondary N) is 4. The quantitative estimate of drug-likeness (QED) is 0.225. The molecule has 0 unspecified atom stereocenters. The van der Waals surface area contributed by atoms with Crippen LogP contribution in [-0.4, -0.2) is 41.1 Å². The molecule has 0 atom stereocenters. The predicted octanol–water partition coefficient (Wildman–Crippen LogP) is 5.53. The molecule has 0 radical (unpaired) electrons. The number of hydrogen-bond donors (Lipinski definition) is 5. The fourth-order valence-corrected chi connectivity index (χ4v) is 4.43. The maximum Gasteiger partial charge on any atom is 0.257 e. The standard InChI is InChI=1S/C30H31N5O3/c1-20-18-22(19-31-20)30(38)34-26-10-6-24(7-11-26)32-23-4-8-25(9-5-23)33-29(37)21-2-12-27(13-3-21)35-16-14-28(36)15-17-35/h2-13,18-19,28,31-32,36H,14-17H2,1H3,(H,33,37)(H,34,38). The Kier molecular flexibility index (Phi) is 7.42. The minimum absolute atomic E-state index is 0.161. The van der Waals surface area contributed by atoms with Crippen molar-refractivity contribution in [3.05, 3.63) is 102 Å². The minimum atomic E-state index is -0.211. The molecule has 2 amide bonds. The molecular weight excluding hydrogens is 478 g/mol. The molecule has 1 aliphatic heterocycles. The van der Waals surface area contributed by atoms with Crippen molar-refractivity contribution in [3.8, 4) is 0 Å². The number of carbonyl (C=O) groups excluding carboxylic acids is 2. The number of aliphatic hydroxyl groups is 1. The SMILES string of the molecule is Cc1cc(C(=O)Nc2ccc(Nc3ccc(NC(=O)c4ccc(N5CCC(O)CC5)cc4)cc3)cc2)c[nH]1. The van der Waals surface area contributed by atoms with Gasteiger partial charge in [0.2, 0.25) is 0 Å². The van der Waals surface area contributed by atoms with Crippen LogP contribution in [0.2, 0.25) is 0 Å². The normalized spacial score (nSPS) is 13.7. The van der Waals surface area contributed by atoms with Crippen LogP contribution in [0, 0.1) is 6.92 Å². The monoisotopic (exact) mass is 509 g/mol. The van der Waals surface area contributed by atoms with Crippen molar-refractivity contribution in [3.63, 3.8) is 0 Å². The number of amides is 2. The first-order chi connectivity index (χ1) is 18.4. The molecule has 0 aliphatic carbocycles. The Bertz CT molecular complexity index is 1390. The molecule has 8 nitrogen and oxygen atoms in total. The van der Waals surface area contributed by atoms with E-state index in [1.165, 1.54) is 0 Å². The summed E-state index contributed by atoms with van der Waals surface area (Å²) in [5.41, 5.74) is 6.34. The molecule has 5 rings (SSSR count). The lowest BCUT2D eigenvalue weighted by Crippen LogP contribution is -2.35. The third-order valence-electron chi connectivity index (χ3n) is 6.62. The predicted molar refractivity (Wildman–Crippen MR) is 151 cm³/mol. The Morgan fingerprint density at radius 1 is 0.763 bits per heavy atom. The Morgan fingerprint density at radius 3 is 1.76 bits per heavy atom. The molecule has 5 N–H and O–H groups in total. The third kappa shape index (κ3) is 6.22. The maximum absolute atomic E-state index is 12.7. The van der Waals surface area contributed by atoms with Gasteiger partial charge in [-0.2, -0.15) is 0 Å². The van der Waals surface area contributed by atoms with E-state index in [1.807, 2.05) is 79.7 Å². The summed E-state index contributed by atoms with van der Waals surface area (Å²) in [4.78, 5) is 30.3. The van der Waals surface area contributed by atoms with E-state index in [0.29, 0.717) is 22.5 Å². The first-order valence-corrected chi connectivity index (χ1v) is 12.7. The van der Waals surface area contributed by atoms with Gasteiger partial charge in [-0.15, -0.1) is 0 Å². The number of piperidine rings is 1. The number of benzene rings is 3. The molecule has 0 bridgehead atoms. The van der Waals surface area contributed by atoms with Crippen LogP contribution in [0.25, 0.3) is 0 Å². The van der Waals surface area contributed by atoms with Gasteiger partial charge in [-0.25, -0.2) is 0 Å². The summed E-state index contributed by atoms with van der Waals surface area (Å²) < 4.78 is 0. The Labute approximate surface area is 221 Å². The number of hydrogen-bond acceptors (Lipinski definition) is 5. The smallest absolute Gasteiger partial charge is 0.257 e. The maximum atomic E-state index is 12.7. The van der Waals surface area contributed by atoms with E-state index < -0.39 is 0 Å². The van der Waals surface area contributed by atoms with Gasteiger partial charge in [0.15, 0.2) is 0 Å². The van der Waals surface area contributed by atoms with E-state index in [0.717, 1.165) is 48.7 Å². The molecule has 1 saturated heterocycles. The zero-order valence-electron chi connectivity index (χ0n) is 21.2. The van der Waals surface area contributed by atoms with Gasteiger partial charge in [0, 0.05) is 59.0 Å². The third-order valence-corrected chi connectivity index (χ3v) is 6.62. The van der Waals surface area contributed by atoms with Gasteiger partial charge in [-0.05, 0) is 98.6 Å². The average Bonchev–Trinajstić information content (AvgIpc) is 3.38. The zero-order chi connectivity index (χ0) is 26.5.